The molecule has 12 nitrogen and oxygen atoms in total. The zero-order chi connectivity index (χ0) is 26.7. The predicted molar refractivity (Wildman–Crippen MR) is 124 cm³/mol. The Hall–Kier alpha value is -3.59. The van der Waals surface area contributed by atoms with Crippen LogP contribution in [0, 0.1) is 5.92 Å². The van der Waals surface area contributed by atoms with E-state index in [9.17, 15) is 27.9 Å². The van der Waals surface area contributed by atoms with E-state index in [0.717, 1.165) is 13.3 Å². The molecule has 200 valence electrons. The summed E-state index contributed by atoms with van der Waals surface area (Å²) in [5.41, 5.74) is 0.488. The monoisotopic (exact) mass is 525 g/mol. The number of anilines is 3. The van der Waals surface area contributed by atoms with Gasteiger partial charge in [0, 0.05) is 31.8 Å². The molecule has 0 saturated carbocycles. The standard InChI is InChI=1S/C22H26F3N7O5/c1-12(22(23,24)25)7-16(35)18-27-8-15-19(29-18)32(13-3-2-6-31(15)9-13)21(36)30-20-26-5-4-17(28-20)37-11-14(34)10-33/h4-5,8,12-14,33-34H,2-3,6-7,9-11H2,1H3,(H,26,28,30,36)/t12-,13-,14-/m0/s1. The maximum Gasteiger partial charge on any atom is 0.391 e. The first-order chi connectivity index (χ1) is 17.6. The highest BCUT2D eigenvalue weighted by Gasteiger charge is 2.41. The highest BCUT2D eigenvalue weighted by atomic mass is 19.4. The van der Waals surface area contributed by atoms with Crippen molar-refractivity contribution in [2.75, 3.05) is 41.4 Å². The largest absolute Gasteiger partial charge is 0.475 e. The van der Waals surface area contributed by atoms with E-state index in [1.165, 1.54) is 23.4 Å². The molecule has 0 aliphatic carbocycles. The van der Waals surface area contributed by atoms with Gasteiger partial charge in [-0.3, -0.25) is 15.0 Å². The van der Waals surface area contributed by atoms with Gasteiger partial charge in [-0.2, -0.15) is 18.2 Å². The molecule has 3 N–H and O–H groups in total. The second-order valence-corrected chi connectivity index (χ2v) is 8.88. The number of carbonyl (C=O) groups is 2. The van der Waals surface area contributed by atoms with Gasteiger partial charge >= 0.3 is 12.2 Å². The minimum Gasteiger partial charge on any atom is -0.475 e. The van der Waals surface area contributed by atoms with Crippen LogP contribution in [0.4, 0.5) is 35.4 Å². The topological polar surface area (TPSA) is 154 Å². The number of ketones is 1. The number of hydrogen-bond donors (Lipinski definition) is 3. The lowest BCUT2D eigenvalue weighted by Gasteiger charge is -2.45. The summed E-state index contributed by atoms with van der Waals surface area (Å²) >= 11 is 0. The van der Waals surface area contributed by atoms with Gasteiger partial charge in [-0.05, 0) is 12.8 Å². The number of carbonyl (C=O) groups excluding carboxylic acids is 2. The number of amides is 2. The molecule has 2 bridgehead atoms. The number of halogens is 3. The predicted octanol–water partition coefficient (Wildman–Crippen LogP) is 1.79. The van der Waals surface area contributed by atoms with Crippen LogP contribution in [0.25, 0.3) is 0 Å². The van der Waals surface area contributed by atoms with Crippen LogP contribution in [0.5, 0.6) is 5.88 Å². The number of urea groups is 1. The molecule has 2 aliphatic heterocycles. The molecule has 37 heavy (non-hydrogen) atoms. The average molecular weight is 525 g/mol. The molecule has 0 spiro atoms. The lowest BCUT2D eigenvalue weighted by Crippen LogP contribution is -2.56. The van der Waals surface area contributed by atoms with Gasteiger partial charge in [0.1, 0.15) is 12.7 Å². The fourth-order valence-electron chi connectivity index (χ4n) is 4.08. The van der Waals surface area contributed by atoms with Gasteiger partial charge in [0.15, 0.2) is 11.6 Å². The highest BCUT2D eigenvalue weighted by molar-refractivity contribution is 6.04. The Labute approximate surface area is 209 Å². The summed E-state index contributed by atoms with van der Waals surface area (Å²) in [5, 5.41) is 20.9. The smallest absolute Gasteiger partial charge is 0.391 e. The minimum atomic E-state index is -4.53. The molecule has 15 heteroatoms. The Morgan fingerprint density at radius 3 is 2.81 bits per heavy atom. The molecule has 4 heterocycles. The van der Waals surface area contributed by atoms with Gasteiger partial charge in [-0.1, -0.05) is 6.92 Å². The van der Waals surface area contributed by atoms with E-state index in [1.807, 2.05) is 4.90 Å². The summed E-state index contributed by atoms with van der Waals surface area (Å²) in [7, 11) is 0. The first kappa shape index (κ1) is 26.5. The number of alkyl halides is 3. The summed E-state index contributed by atoms with van der Waals surface area (Å²) in [6.07, 6.45) is -2.35. The summed E-state index contributed by atoms with van der Waals surface area (Å²) in [4.78, 5) is 45.5. The van der Waals surface area contributed by atoms with Crippen molar-refractivity contribution in [2.45, 2.75) is 44.5 Å². The van der Waals surface area contributed by atoms with Gasteiger partial charge in [0.25, 0.3) is 0 Å². The van der Waals surface area contributed by atoms with Crippen molar-refractivity contribution in [2.24, 2.45) is 5.92 Å². The number of rotatable bonds is 8. The molecular weight excluding hydrogens is 499 g/mol. The Morgan fingerprint density at radius 2 is 2.08 bits per heavy atom. The van der Waals surface area contributed by atoms with Crippen molar-refractivity contribution in [3.63, 3.8) is 0 Å². The van der Waals surface area contributed by atoms with E-state index in [4.69, 9.17) is 9.84 Å². The van der Waals surface area contributed by atoms with Gasteiger partial charge < -0.3 is 19.8 Å². The van der Waals surface area contributed by atoms with E-state index in [0.29, 0.717) is 25.2 Å². The van der Waals surface area contributed by atoms with Crippen LogP contribution < -0.4 is 19.9 Å². The van der Waals surface area contributed by atoms with Crippen LogP contribution in [0.15, 0.2) is 18.5 Å². The van der Waals surface area contributed by atoms with Crippen LogP contribution in [-0.4, -0.2) is 86.6 Å². The van der Waals surface area contributed by atoms with E-state index >= 15 is 0 Å². The first-order valence-electron chi connectivity index (χ1n) is 11.6. The third kappa shape index (κ3) is 6.05. The third-order valence-electron chi connectivity index (χ3n) is 6.08. The highest BCUT2D eigenvalue weighted by Crippen LogP contribution is 2.38. The number of aromatic nitrogens is 4. The van der Waals surface area contributed by atoms with Crippen LogP contribution in [0.3, 0.4) is 0 Å². The first-order valence-corrected chi connectivity index (χ1v) is 11.6. The SMILES string of the molecule is C[C@@H](CC(=O)c1ncc2c(n1)N(C(=O)Nc1nccc(OC[C@@H](O)CO)n1)[C@H]1CCCN2C1)C(F)(F)F. The van der Waals surface area contributed by atoms with Crippen molar-refractivity contribution in [3.8, 4) is 5.88 Å². The fraction of sp³-hybridized carbons (Fsp3) is 0.545. The van der Waals surface area contributed by atoms with Crippen molar-refractivity contribution in [1.29, 1.82) is 0 Å². The molecule has 2 amide bonds. The Bertz CT molecular complexity index is 1150. The molecule has 0 aromatic carbocycles. The van der Waals surface area contributed by atoms with Crippen LogP contribution in [0.1, 0.15) is 36.8 Å². The number of piperidine rings is 1. The van der Waals surface area contributed by atoms with Crippen molar-refractivity contribution in [3.05, 3.63) is 24.3 Å². The maximum absolute atomic E-state index is 13.4. The van der Waals surface area contributed by atoms with Gasteiger partial charge in [-0.15, -0.1) is 0 Å². The summed E-state index contributed by atoms with van der Waals surface area (Å²) in [6, 6.07) is 0.440. The van der Waals surface area contributed by atoms with Crippen LogP contribution in [0.2, 0.25) is 0 Å². The quantitative estimate of drug-likeness (QED) is 0.435. The normalized spacial score (nSPS) is 18.6. The fourth-order valence-corrected chi connectivity index (χ4v) is 4.08. The van der Waals surface area contributed by atoms with Crippen LogP contribution >= 0.6 is 0 Å². The molecule has 0 radical (unpaired) electrons. The number of nitrogens with zero attached hydrogens (tertiary/aromatic N) is 6. The molecule has 2 aliphatic rings. The van der Waals surface area contributed by atoms with E-state index in [-0.39, 0.29) is 30.3 Å². The second-order valence-electron chi connectivity index (χ2n) is 8.88. The summed E-state index contributed by atoms with van der Waals surface area (Å²) in [5.74, 6) is -3.09. The lowest BCUT2D eigenvalue weighted by atomic mass is 10.00. The Kier molecular flexibility index (Phi) is 7.73. The third-order valence-corrected chi connectivity index (χ3v) is 6.08. The molecule has 2 aromatic heterocycles. The van der Waals surface area contributed by atoms with Crippen molar-refractivity contribution < 1.29 is 37.7 Å². The van der Waals surface area contributed by atoms with Gasteiger partial charge in [-0.25, -0.2) is 19.7 Å². The Balaban J connectivity index is 1.57. The Morgan fingerprint density at radius 1 is 1.30 bits per heavy atom. The number of aliphatic hydroxyl groups is 2. The molecular formula is C22H26F3N7O5. The maximum atomic E-state index is 13.4. The zero-order valence-corrected chi connectivity index (χ0v) is 19.9. The molecule has 3 atom stereocenters. The molecule has 1 fully saturated rings. The van der Waals surface area contributed by atoms with Gasteiger partial charge in [0.05, 0.1) is 30.5 Å². The second kappa shape index (κ2) is 10.8. The van der Waals surface area contributed by atoms with Crippen molar-refractivity contribution in [1.82, 2.24) is 19.9 Å². The summed E-state index contributed by atoms with van der Waals surface area (Å²) < 4.78 is 44.2. The van der Waals surface area contributed by atoms with E-state index < -0.39 is 48.9 Å². The van der Waals surface area contributed by atoms with E-state index in [1.54, 1.807) is 0 Å². The molecule has 4 rings (SSSR count). The number of nitrogens with one attached hydrogen (secondary N) is 1. The molecule has 0 unspecified atom stereocenters. The molecule has 1 saturated heterocycles. The van der Waals surface area contributed by atoms with Crippen LogP contribution in [-0.2, 0) is 0 Å². The number of aliphatic hydroxyl groups excluding tert-OH is 2. The number of ether oxygens (including phenoxy) is 1. The summed E-state index contributed by atoms with van der Waals surface area (Å²) in [6.45, 7) is 1.37. The number of Topliss-reactive ketones (excluding diaryl/α,β-unsaturated/α-hetero) is 1. The molecule has 2 aromatic rings. The van der Waals surface area contributed by atoms with Crippen molar-refractivity contribution >= 4 is 29.3 Å². The number of hydrogen-bond acceptors (Lipinski definition) is 10. The van der Waals surface area contributed by atoms with Gasteiger partial charge in [0.2, 0.25) is 17.6 Å². The average Bonchev–Trinajstić information content (AvgIpc) is 2.86. The zero-order valence-electron chi connectivity index (χ0n) is 19.9. The minimum absolute atomic E-state index is 0.0506. The van der Waals surface area contributed by atoms with E-state index in [2.05, 4.69) is 25.3 Å². The lowest BCUT2D eigenvalue weighted by molar-refractivity contribution is -0.168. The number of fused-ring (bicyclic) bond motifs is 4.